The summed E-state index contributed by atoms with van der Waals surface area (Å²) in [6.07, 6.45) is 0.855. The Morgan fingerprint density at radius 1 is 1.73 bits per heavy atom. The van der Waals surface area contributed by atoms with Crippen LogP contribution in [-0.2, 0) is 0 Å². The molecule has 0 saturated carbocycles. The molecule has 0 aliphatic heterocycles. The first-order chi connectivity index (χ1) is 7.08. The second-order valence-electron chi connectivity index (χ2n) is 3.38. The van der Waals surface area contributed by atoms with Crippen molar-refractivity contribution in [2.45, 2.75) is 26.3 Å². The van der Waals surface area contributed by atoms with Crippen LogP contribution in [0, 0.1) is 6.92 Å². The minimum atomic E-state index is -0.0360. The van der Waals surface area contributed by atoms with Crippen LogP contribution in [0.1, 0.15) is 28.6 Å². The number of rotatable bonds is 4. The molecule has 1 amide bonds. The first kappa shape index (κ1) is 12.7. The summed E-state index contributed by atoms with van der Waals surface area (Å²) < 4.78 is 1.01. The smallest absolute Gasteiger partial charge is 0.261 e. The molecule has 1 unspecified atom stereocenters. The second-order valence-corrected chi connectivity index (χ2v) is 5.75. The predicted octanol–water partition coefficient (Wildman–Crippen LogP) is 2.29. The molecule has 0 fully saturated rings. The van der Waals surface area contributed by atoms with Gasteiger partial charge in [0.25, 0.3) is 5.91 Å². The van der Waals surface area contributed by atoms with Crippen molar-refractivity contribution >= 4 is 33.2 Å². The van der Waals surface area contributed by atoms with Gasteiger partial charge in [0.05, 0.1) is 8.66 Å². The van der Waals surface area contributed by atoms with E-state index in [9.17, 15) is 4.79 Å². The van der Waals surface area contributed by atoms with E-state index in [-0.39, 0.29) is 11.9 Å². The van der Waals surface area contributed by atoms with Crippen molar-refractivity contribution in [2.24, 2.45) is 5.73 Å². The predicted molar refractivity (Wildman–Crippen MR) is 67.4 cm³/mol. The number of aryl methyl sites for hydroxylation is 1. The summed E-state index contributed by atoms with van der Waals surface area (Å²) in [6, 6.07) is 1.95. The van der Waals surface area contributed by atoms with Crippen molar-refractivity contribution in [3.8, 4) is 0 Å². The van der Waals surface area contributed by atoms with E-state index in [0.29, 0.717) is 6.54 Å². The third kappa shape index (κ3) is 3.29. The Bertz CT molecular complexity index is 328. The van der Waals surface area contributed by atoms with Crippen LogP contribution in [-0.4, -0.2) is 18.5 Å². The van der Waals surface area contributed by atoms with Crippen LogP contribution in [0.2, 0.25) is 0 Å². The number of nitrogens with two attached hydrogens (primary N) is 1. The highest BCUT2D eigenvalue weighted by molar-refractivity contribution is 9.11. The fraction of sp³-hybridized carbons (Fsp3) is 0.500. The number of hydrogen-bond acceptors (Lipinski definition) is 3. The third-order valence-corrected chi connectivity index (χ3v) is 4.33. The highest BCUT2D eigenvalue weighted by atomic mass is 79.9. The highest BCUT2D eigenvalue weighted by Gasteiger charge is 2.13. The van der Waals surface area contributed by atoms with Gasteiger partial charge < -0.3 is 11.1 Å². The summed E-state index contributed by atoms with van der Waals surface area (Å²) in [5.41, 5.74) is 6.61. The van der Waals surface area contributed by atoms with E-state index >= 15 is 0 Å². The molecular weight excluding hydrogens is 276 g/mol. The van der Waals surface area contributed by atoms with E-state index in [1.54, 1.807) is 0 Å². The lowest BCUT2D eigenvalue weighted by Gasteiger charge is -2.13. The number of thiophene rings is 1. The lowest BCUT2D eigenvalue weighted by atomic mass is 10.2. The zero-order chi connectivity index (χ0) is 11.4. The Kier molecular flexibility index (Phi) is 4.76. The van der Waals surface area contributed by atoms with Crippen molar-refractivity contribution in [1.82, 2.24) is 5.32 Å². The molecule has 3 N–H and O–H groups in total. The number of amides is 1. The molecule has 1 atom stereocenters. The molecule has 1 aromatic heterocycles. The SMILES string of the molecule is CCC(CN)NC(=O)c1cc(C)c(Br)s1. The average molecular weight is 291 g/mol. The highest BCUT2D eigenvalue weighted by Crippen LogP contribution is 2.27. The molecule has 0 saturated heterocycles. The molecule has 15 heavy (non-hydrogen) atoms. The van der Waals surface area contributed by atoms with Crippen LogP contribution in [0.15, 0.2) is 9.85 Å². The van der Waals surface area contributed by atoms with Gasteiger partial charge in [-0.15, -0.1) is 11.3 Å². The lowest BCUT2D eigenvalue weighted by molar-refractivity contribution is 0.0941. The van der Waals surface area contributed by atoms with Crippen LogP contribution in [0.4, 0.5) is 0 Å². The molecule has 0 aliphatic carbocycles. The minimum Gasteiger partial charge on any atom is -0.347 e. The van der Waals surface area contributed by atoms with E-state index in [4.69, 9.17) is 5.73 Å². The van der Waals surface area contributed by atoms with Gasteiger partial charge in [0.15, 0.2) is 0 Å². The summed E-state index contributed by atoms with van der Waals surface area (Å²) in [7, 11) is 0. The van der Waals surface area contributed by atoms with Gasteiger partial charge in [-0.2, -0.15) is 0 Å². The molecule has 1 heterocycles. The largest absolute Gasteiger partial charge is 0.347 e. The topological polar surface area (TPSA) is 55.1 Å². The van der Waals surface area contributed by atoms with Gasteiger partial charge in [-0.05, 0) is 40.9 Å². The Morgan fingerprint density at radius 2 is 2.40 bits per heavy atom. The molecule has 1 aromatic rings. The third-order valence-electron chi connectivity index (χ3n) is 2.19. The van der Waals surface area contributed by atoms with Gasteiger partial charge in [-0.25, -0.2) is 0 Å². The van der Waals surface area contributed by atoms with E-state index in [1.807, 2.05) is 19.9 Å². The van der Waals surface area contributed by atoms with Gasteiger partial charge in [-0.3, -0.25) is 4.79 Å². The standard InChI is InChI=1S/C10H15BrN2OS/c1-3-7(5-12)13-10(14)8-4-6(2)9(11)15-8/h4,7H,3,5,12H2,1-2H3,(H,13,14). The number of hydrogen-bond donors (Lipinski definition) is 2. The zero-order valence-corrected chi connectivity index (χ0v) is 11.2. The Balaban J connectivity index is 2.68. The fourth-order valence-corrected chi connectivity index (χ4v) is 2.59. The first-order valence-electron chi connectivity index (χ1n) is 4.85. The molecule has 0 bridgehead atoms. The number of carbonyl (C=O) groups excluding carboxylic acids is 1. The quantitative estimate of drug-likeness (QED) is 0.894. The fourth-order valence-electron chi connectivity index (χ4n) is 1.16. The molecule has 5 heteroatoms. The van der Waals surface area contributed by atoms with Gasteiger partial charge >= 0.3 is 0 Å². The maximum Gasteiger partial charge on any atom is 0.261 e. The molecule has 0 aromatic carbocycles. The van der Waals surface area contributed by atoms with Crippen molar-refractivity contribution < 1.29 is 4.79 Å². The Labute approximate surface area is 102 Å². The molecule has 0 aliphatic rings. The van der Waals surface area contributed by atoms with Crippen LogP contribution in [0.25, 0.3) is 0 Å². The van der Waals surface area contributed by atoms with E-state index in [2.05, 4.69) is 21.2 Å². The maximum atomic E-state index is 11.8. The zero-order valence-electron chi connectivity index (χ0n) is 8.84. The Morgan fingerprint density at radius 3 is 2.80 bits per heavy atom. The Hall–Kier alpha value is -0.390. The molecule has 0 radical (unpaired) electrons. The van der Waals surface area contributed by atoms with Gasteiger partial charge in [0.1, 0.15) is 0 Å². The molecule has 84 valence electrons. The molecule has 1 rings (SSSR count). The van der Waals surface area contributed by atoms with Gasteiger partial charge in [0, 0.05) is 12.6 Å². The van der Waals surface area contributed by atoms with E-state index in [1.165, 1.54) is 11.3 Å². The van der Waals surface area contributed by atoms with Crippen LogP contribution < -0.4 is 11.1 Å². The maximum absolute atomic E-state index is 11.8. The lowest BCUT2D eigenvalue weighted by Crippen LogP contribution is -2.39. The first-order valence-corrected chi connectivity index (χ1v) is 6.46. The molecular formula is C10H15BrN2OS. The summed E-state index contributed by atoms with van der Waals surface area (Å²) in [6.45, 7) is 4.46. The van der Waals surface area contributed by atoms with Crippen LogP contribution >= 0.6 is 27.3 Å². The van der Waals surface area contributed by atoms with E-state index < -0.39 is 0 Å². The summed E-state index contributed by atoms with van der Waals surface area (Å²) in [5.74, 6) is -0.0360. The molecule has 0 spiro atoms. The number of carbonyl (C=O) groups is 1. The minimum absolute atomic E-state index is 0.0360. The number of nitrogens with one attached hydrogen (secondary N) is 1. The van der Waals surface area contributed by atoms with E-state index in [0.717, 1.165) is 20.6 Å². The van der Waals surface area contributed by atoms with Crippen molar-refractivity contribution in [3.63, 3.8) is 0 Å². The van der Waals surface area contributed by atoms with Crippen molar-refractivity contribution in [2.75, 3.05) is 6.54 Å². The summed E-state index contributed by atoms with van der Waals surface area (Å²) in [4.78, 5) is 12.5. The van der Waals surface area contributed by atoms with Crippen LogP contribution in [0.3, 0.4) is 0 Å². The number of halogens is 1. The van der Waals surface area contributed by atoms with Gasteiger partial charge in [-0.1, -0.05) is 6.92 Å². The average Bonchev–Trinajstić information content (AvgIpc) is 2.55. The second kappa shape index (κ2) is 5.63. The van der Waals surface area contributed by atoms with Gasteiger partial charge in [0.2, 0.25) is 0 Å². The molecule has 3 nitrogen and oxygen atoms in total. The monoisotopic (exact) mass is 290 g/mol. The van der Waals surface area contributed by atoms with Crippen molar-refractivity contribution in [3.05, 3.63) is 20.3 Å². The summed E-state index contributed by atoms with van der Waals surface area (Å²) >= 11 is 4.85. The van der Waals surface area contributed by atoms with Crippen molar-refractivity contribution in [1.29, 1.82) is 0 Å². The summed E-state index contributed by atoms with van der Waals surface area (Å²) in [5, 5.41) is 2.90. The normalized spacial score (nSPS) is 12.5. The van der Waals surface area contributed by atoms with Crippen LogP contribution in [0.5, 0.6) is 0 Å².